The van der Waals surface area contributed by atoms with E-state index in [2.05, 4.69) is 4.98 Å². The van der Waals surface area contributed by atoms with Gasteiger partial charge >= 0.3 is 0 Å². The zero-order valence-electron chi connectivity index (χ0n) is 8.73. The van der Waals surface area contributed by atoms with Gasteiger partial charge < -0.3 is 5.11 Å². The monoisotopic (exact) mass is 269 g/mol. The predicted molar refractivity (Wildman–Crippen MR) is 65.7 cm³/mol. The largest absolute Gasteiger partial charge is 0.392 e. The van der Waals surface area contributed by atoms with Crippen LogP contribution in [0.4, 0.5) is 4.39 Å². The number of pyridine rings is 1. The molecule has 0 aliphatic carbocycles. The van der Waals surface area contributed by atoms with Gasteiger partial charge in [0.25, 0.3) is 0 Å². The molecule has 0 saturated heterocycles. The Labute approximate surface area is 107 Å². The molecule has 1 aromatic carbocycles. The molecule has 0 spiro atoms. The highest BCUT2D eigenvalue weighted by Gasteiger charge is 2.06. The molecule has 0 aliphatic heterocycles. The van der Waals surface area contributed by atoms with Crippen LogP contribution in [0.2, 0.25) is 5.02 Å². The Morgan fingerprint density at radius 3 is 2.59 bits per heavy atom. The number of benzene rings is 1. The van der Waals surface area contributed by atoms with Gasteiger partial charge in [0.15, 0.2) is 5.82 Å². The lowest BCUT2D eigenvalue weighted by Gasteiger charge is -2.03. The van der Waals surface area contributed by atoms with Crippen LogP contribution < -0.4 is 0 Å². The number of nitrogens with zero attached hydrogens (tertiary/aromatic N) is 1. The standard InChI is InChI=1S/C12H9ClFNOS/c13-9-5-11(14)12(15-6-9)17-10-3-1-8(7-16)2-4-10/h1-6,16H,7H2. The van der Waals surface area contributed by atoms with E-state index in [9.17, 15) is 4.39 Å². The summed E-state index contributed by atoms with van der Waals surface area (Å²) in [5.74, 6) is -0.436. The molecule has 88 valence electrons. The summed E-state index contributed by atoms with van der Waals surface area (Å²) in [6.45, 7) is -0.00149. The quantitative estimate of drug-likeness (QED) is 0.926. The minimum absolute atomic E-state index is 0.00149. The summed E-state index contributed by atoms with van der Waals surface area (Å²) in [6, 6.07) is 8.43. The van der Waals surface area contributed by atoms with E-state index >= 15 is 0 Å². The van der Waals surface area contributed by atoms with Crippen LogP contribution in [0.1, 0.15) is 5.56 Å². The molecule has 2 aromatic rings. The van der Waals surface area contributed by atoms with Crippen molar-refractivity contribution in [3.8, 4) is 0 Å². The van der Waals surface area contributed by atoms with Crippen LogP contribution in [-0.4, -0.2) is 10.1 Å². The van der Waals surface area contributed by atoms with Gasteiger partial charge in [0.1, 0.15) is 5.03 Å². The van der Waals surface area contributed by atoms with Crippen molar-refractivity contribution in [3.05, 3.63) is 52.9 Å². The number of aromatic nitrogens is 1. The second-order valence-corrected chi connectivity index (χ2v) is 4.84. The number of halogens is 2. The average molecular weight is 270 g/mol. The number of aliphatic hydroxyl groups excluding tert-OH is 1. The smallest absolute Gasteiger partial charge is 0.157 e. The first-order valence-electron chi connectivity index (χ1n) is 4.88. The van der Waals surface area contributed by atoms with E-state index in [0.29, 0.717) is 0 Å². The van der Waals surface area contributed by atoms with Crippen LogP contribution in [0.5, 0.6) is 0 Å². The summed E-state index contributed by atoms with van der Waals surface area (Å²) < 4.78 is 13.5. The van der Waals surface area contributed by atoms with Crippen LogP contribution in [0.3, 0.4) is 0 Å². The van der Waals surface area contributed by atoms with Crippen LogP contribution in [0, 0.1) is 5.82 Å². The second kappa shape index (κ2) is 5.49. The molecule has 5 heteroatoms. The van der Waals surface area contributed by atoms with Gasteiger partial charge in [-0.3, -0.25) is 0 Å². The maximum atomic E-state index is 13.5. The van der Waals surface area contributed by atoms with Crippen LogP contribution in [0.15, 0.2) is 46.5 Å². The van der Waals surface area contributed by atoms with E-state index in [0.717, 1.165) is 10.5 Å². The van der Waals surface area contributed by atoms with E-state index in [1.165, 1.54) is 24.0 Å². The fraction of sp³-hybridized carbons (Fsp3) is 0.0833. The van der Waals surface area contributed by atoms with E-state index in [1.807, 2.05) is 12.1 Å². The van der Waals surface area contributed by atoms with E-state index in [4.69, 9.17) is 16.7 Å². The van der Waals surface area contributed by atoms with Gasteiger partial charge in [0.2, 0.25) is 0 Å². The first-order chi connectivity index (χ1) is 8.19. The summed E-state index contributed by atoms with van der Waals surface area (Å²) in [5, 5.41) is 9.46. The zero-order valence-corrected chi connectivity index (χ0v) is 10.3. The van der Waals surface area contributed by atoms with Crippen molar-refractivity contribution in [1.29, 1.82) is 0 Å². The third-order valence-electron chi connectivity index (χ3n) is 2.09. The molecule has 0 atom stereocenters. The molecule has 2 rings (SSSR count). The topological polar surface area (TPSA) is 33.1 Å². The van der Waals surface area contributed by atoms with E-state index in [1.54, 1.807) is 12.1 Å². The van der Waals surface area contributed by atoms with Crippen LogP contribution in [0.25, 0.3) is 0 Å². The summed E-state index contributed by atoms with van der Waals surface area (Å²) >= 11 is 6.84. The average Bonchev–Trinajstić information content (AvgIpc) is 2.34. The van der Waals surface area contributed by atoms with Gasteiger partial charge in [0.05, 0.1) is 11.6 Å². The van der Waals surface area contributed by atoms with Crippen LogP contribution >= 0.6 is 23.4 Å². The summed E-state index contributed by atoms with van der Waals surface area (Å²) in [4.78, 5) is 4.78. The van der Waals surface area contributed by atoms with Gasteiger partial charge in [0, 0.05) is 11.1 Å². The Morgan fingerprint density at radius 1 is 1.29 bits per heavy atom. The summed E-state index contributed by atoms with van der Waals surface area (Å²) in [5.41, 5.74) is 0.818. The SMILES string of the molecule is OCc1ccc(Sc2ncc(Cl)cc2F)cc1. The molecular formula is C12H9ClFNOS. The Morgan fingerprint density at radius 2 is 2.00 bits per heavy atom. The highest BCUT2D eigenvalue weighted by Crippen LogP contribution is 2.29. The molecule has 0 fully saturated rings. The number of hydrogen-bond donors (Lipinski definition) is 1. The Kier molecular flexibility index (Phi) is 3.99. The molecule has 17 heavy (non-hydrogen) atoms. The molecule has 2 nitrogen and oxygen atoms in total. The van der Waals surface area contributed by atoms with Crippen LogP contribution in [-0.2, 0) is 6.61 Å². The minimum atomic E-state index is -0.436. The van der Waals surface area contributed by atoms with Crippen molar-refractivity contribution in [2.75, 3.05) is 0 Å². The van der Waals surface area contributed by atoms with Gasteiger partial charge in [-0.15, -0.1) is 0 Å². The Bertz CT molecular complexity index is 518. The molecule has 0 aliphatic rings. The van der Waals surface area contributed by atoms with Gasteiger partial charge in [-0.1, -0.05) is 35.5 Å². The molecule has 0 saturated carbocycles. The van der Waals surface area contributed by atoms with Crippen molar-refractivity contribution >= 4 is 23.4 Å². The molecule has 1 N–H and O–H groups in total. The lowest BCUT2D eigenvalue weighted by Crippen LogP contribution is -1.87. The lowest BCUT2D eigenvalue weighted by molar-refractivity contribution is 0.282. The van der Waals surface area contributed by atoms with E-state index in [-0.39, 0.29) is 16.7 Å². The number of rotatable bonds is 3. The second-order valence-electron chi connectivity index (χ2n) is 3.34. The third kappa shape index (κ3) is 3.19. The first kappa shape index (κ1) is 12.4. The number of aliphatic hydroxyl groups is 1. The molecule has 1 heterocycles. The van der Waals surface area contributed by atoms with Crippen molar-refractivity contribution in [2.24, 2.45) is 0 Å². The highest BCUT2D eigenvalue weighted by molar-refractivity contribution is 7.99. The third-order valence-corrected chi connectivity index (χ3v) is 3.30. The van der Waals surface area contributed by atoms with E-state index < -0.39 is 5.82 Å². The maximum Gasteiger partial charge on any atom is 0.157 e. The van der Waals surface area contributed by atoms with Gasteiger partial charge in [-0.05, 0) is 23.8 Å². The summed E-state index contributed by atoms with van der Waals surface area (Å²) in [6.07, 6.45) is 1.41. The summed E-state index contributed by atoms with van der Waals surface area (Å²) in [7, 11) is 0. The minimum Gasteiger partial charge on any atom is -0.392 e. The highest BCUT2D eigenvalue weighted by atomic mass is 35.5. The van der Waals surface area contributed by atoms with Gasteiger partial charge in [-0.2, -0.15) is 0 Å². The van der Waals surface area contributed by atoms with Crippen molar-refractivity contribution in [3.63, 3.8) is 0 Å². The maximum absolute atomic E-state index is 13.5. The molecule has 0 amide bonds. The Hall–Kier alpha value is -1.10. The fourth-order valence-corrected chi connectivity index (χ4v) is 2.15. The molecule has 0 bridgehead atoms. The molecule has 1 aromatic heterocycles. The fourth-order valence-electron chi connectivity index (χ4n) is 1.25. The lowest BCUT2D eigenvalue weighted by atomic mass is 10.2. The molecule has 0 unspecified atom stereocenters. The van der Waals surface area contributed by atoms with Crippen molar-refractivity contribution in [2.45, 2.75) is 16.5 Å². The zero-order chi connectivity index (χ0) is 12.3. The Balaban J connectivity index is 2.19. The predicted octanol–water partition coefficient (Wildman–Crippen LogP) is 3.52. The van der Waals surface area contributed by atoms with Crippen molar-refractivity contribution in [1.82, 2.24) is 4.98 Å². The van der Waals surface area contributed by atoms with Crippen molar-refractivity contribution < 1.29 is 9.50 Å². The first-order valence-corrected chi connectivity index (χ1v) is 6.07. The molecular weight excluding hydrogens is 261 g/mol. The van der Waals surface area contributed by atoms with Gasteiger partial charge in [-0.25, -0.2) is 9.37 Å². The number of hydrogen-bond acceptors (Lipinski definition) is 3. The molecule has 0 radical (unpaired) electrons. The normalized spacial score (nSPS) is 10.5.